The highest BCUT2D eigenvalue weighted by Crippen LogP contribution is 2.15. The van der Waals surface area contributed by atoms with Crippen molar-refractivity contribution in [2.24, 2.45) is 5.73 Å². The average Bonchev–Trinajstić information content (AvgIpc) is 2.47. The quantitative estimate of drug-likeness (QED) is 0.833. The van der Waals surface area contributed by atoms with Crippen molar-refractivity contribution in [3.63, 3.8) is 0 Å². The van der Waals surface area contributed by atoms with E-state index in [0.717, 1.165) is 25.2 Å². The zero-order valence-corrected chi connectivity index (χ0v) is 11.9. The van der Waals surface area contributed by atoms with Gasteiger partial charge in [0.25, 0.3) is 10.0 Å². The van der Waals surface area contributed by atoms with E-state index >= 15 is 0 Å². The summed E-state index contributed by atoms with van der Waals surface area (Å²) in [4.78, 5) is 6.25. The van der Waals surface area contributed by atoms with Crippen LogP contribution in [0.4, 0.5) is 0 Å². The van der Waals surface area contributed by atoms with Gasteiger partial charge in [-0.2, -0.15) is 4.31 Å². The van der Waals surface area contributed by atoms with Crippen molar-refractivity contribution in [1.29, 1.82) is 0 Å². The Morgan fingerprint density at radius 2 is 1.95 bits per heavy atom. The first-order chi connectivity index (χ1) is 9.07. The Morgan fingerprint density at radius 1 is 1.26 bits per heavy atom. The normalized spacial score (nSPS) is 18.6. The molecule has 1 aromatic rings. The topological polar surface area (TPSA) is 79.5 Å². The largest absolute Gasteiger partial charge is 0.326 e. The van der Waals surface area contributed by atoms with Gasteiger partial charge in [-0.25, -0.2) is 13.4 Å². The number of rotatable bonds is 4. The van der Waals surface area contributed by atoms with E-state index in [1.54, 1.807) is 6.07 Å². The lowest BCUT2D eigenvalue weighted by Crippen LogP contribution is -2.48. The highest BCUT2D eigenvalue weighted by molar-refractivity contribution is 7.89. The lowest BCUT2D eigenvalue weighted by atomic mass is 10.3. The second-order valence-electron chi connectivity index (χ2n) is 4.55. The Hall–Kier alpha value is -1.02. The molecule has 2 rings (SSSR count). The summed E-state index contributed by atoms with van der Waals surface area (Å²) >= 11 is 0. The molecule has 0 spiro atoms. The van der Waals surface area contributed by atoms with Crippen LogP contribution in [-0.2, 0) is 16.6 Å². The van der Waals surface area contributed by atoms with Crippen LogP contribution in [0.5, 0.6) is 0 Å². The zero-order valence-electron chi connectivity index (χ0n) is 11.1. The second kappa shape index (κ2) is 5.96. The van der Waals surface area contributed by atoms with Crippen LogP contribution in [0.3, 0.4) is 0 Å². The number of sulfonamides is 1. The van der Waals surface area contributed by atoms with Gasteiger partial charge in [0, 0.05) is 38.9 Å². The van der Waals surface area contributed by atoms with Crippen molar-refractivity contribution in [2.75, 3.05) is 32.7 Å². The summed E-state index contributed by atoms with van der Waals surface area (Å²) < 4.78 is 26.3. The lowest BCUT2D eigenvalue weighted by Gasteiger charge is -2.32. The predicted molar refractivity (Wildman–Crippen MR) is 73.0 cm³/mol. The van der Waals surface area contributed by atoms with Crippen LogP contribution in [0.15, 0.2) is 23.4 Å². The first-order valence-corrected chi connectivity index (χ1v) is 7.89. The lowest BCUT2D eigenvalue weighted by molar-refractivity contribution is 0.196. The van der Waals surface area contributed by atoms with E-state index in [1.807, 2.05) is 0 Å². The molecular weight excluding hydrogens is 264 g/mol. The number of aromatic nitrogens is 1. The molecule has 7 heteroatoms. The molecule has 1 aliphatic rings. The van der Waals surface area contributed by atoms with Crippen LogP contribution in [0.25, 0.3) is 0 Å². The van der Waals surface area contributed by atoms with Crippen LogP contribution in [-0.4, -0.2) is 55.3 Å². The number of likely N-dealkylation sites (N-methyl/N-ethyl adjacent to an activating group) is 1. The van der Waals surface area contributed by atoms with Gasteiger partial charge in [0.1, 0.15) is 0 Å². The van der Waals surface area contributed by atoms with Crippen molar-refractivity contribution in [1.82, 2.24) is 14.2 Å². The van der Waals surface area contributed by atoms with Crippen molar-refractivity contribution >= 4 is 10.0 Å². The average molecular weight is 284 g/mol. The second-order valence-corrected chi connectivity index (χ2v) is 6.43. The van der Waals surface area contributed by atoms with E-state index in [2.05, 4.69) is 16.8 Å². The summed E-state index contributed by atoms with van der Waals surface area (Å²) in [6.45, 7) is 6.00. The number of pyridine rings is 1. The molecule has 0 aliphatic carbocycles. The first-order valence-electron chi connectivity index (χ1n) is 6.45. The molecule has 0 radical (unpaired) electrons. The minimum atomic E-state index is -3.46. The summed E-state index contributed by atoms with van der Waals surface area (Å²) in [6.07, 6.45) is 1.52. The predicted octanol–water partition coefficient (Wildman–Crippen LogP) is -0.133. The van der Waals surface area contributed by atoms with Crippen molar-refractivity contribution in [2.45, 2.75) is 18.5 Å². The first kappa shape index (κ1) is 14.4. The van der Waals surface area contributed by atoms with E-state index in [0.29, 0.717) is 19.6 Å². The van der Waals surface area contributed by atoms with Gasteiger partial charge in [0.2, 0.25) is 0 Å². The van der Waals surface area contributed by atoms with E-state index in [1.165, 1.54) is 16.6 Å². The fourth-order valence-electron chi connectivity index (χ4n) is 2.10. The Balaban J connectivity index is 2.13. The van der Waals surface area contributed by atoms with Gasteiger partial charge < -0.3 is 10.6 Å². The monoisotopic (exact) mass is 284 g/mol. The van der Waals surface area contributed by atoms with Gasteiger partial charge in [-0.05, 0) is 18.2 Å². The van der Waals surface area contributed by atoms with Gasteiger partial charge in [0.05, 0.1) is 0 Å². The smallest absolute Gasteiger partial charge is 0.260 e. The summed E-state index contributed by atoms with van der Waals surface area (Å²) in [5.74, 6) is 0. The molecule has 6 nitrogen and oxygen atoms in total. The molecule has 0 bridgehead atoms. The number of piperazine rings is 1. The summed E-state index contributed by atoms with van der Waals surface area (Å²) in [7, 11) is -3.46. The zero-order chi connectivity index (χ0) is 13.9. The van der Waals surface area contributed by atoms with E-state index in [4.69, 9.17) is 5.73 Å². The maximum atomic E-state index is 12.4. The Bertz CT molecular complexity index is 507. The standard InChI is InChI=1S/C12H20N4O2S/c1-2-15-5-7-16(8-6-15)19(17,18)12-4-3-11(9-13)10-14-12/h3-4,10H,2,5-9,13H2,1H3. The van der Waals surface area contributed by atoms with E-state index in [9.17, 15) is 8.42 Å². The van der Waals surface area contributed by atoms with Crippen LogP contribution < -0.4 is 5.73 Å². The van der Waals surface area contributed by atoms with Crippen LogP contribution in [0.1, 0.15) is 12.5 Å². The molecule has 1 aromatic heterocycles. The fourth-order valence-corrected chi connectivity index (χ4v) is 3.44. The summed E-state index contributed by atoms with van der Waals surface area (Å²) in [5.41, 5.74) is 6.31. The molecule has 0 amide bonds. The SMILES string of the molecule is CCN1CCN(S(=O)(=O)c2ccc(CN)cn2)CC1. The van der Waals surface area contributed by atoms with E-state index in [-0.39, 0.29) is 5.03 Å². The molecule has 106 valence electrons. The van der Waals surface area contributed by atoms with Gasteiger partial charge in [-0.15, -0.1) is 0 Å². The maximum absolute atomic E-state index is 12.4. The number of nitrogens with two attached hydrogens (primary N) is 1. The third-order valence-electron chi connectivity index (χ3n) is 3.42. The highest BCUT2D eigenvalue weighted by Gasteiger charge is 2.28. The van der Waals surface area contributed by atoms with Gasteiger partial charge >= 0.3 is 0 Å². The molecule has 0 atom stereocenters. The Kier molecular flexibility index (Phi) is 4.51. The molecule has 1 aliphatic heterocycles. The molecule has 1 fully saturated rings. The molecule has 19 heavy (non-hydrogen) atoms. The fraction of sp³-hybridized carbons (Fsp3) is 0.583. The highest BCUT2D eigenvalue weighted by atomic mass is 32.2. The van der Waals surface area contributed by atoms with E-state index < -0.39 is 10.0 Å². The molecule has 1 saturated heterocycles. The minimum Gasteiger partial charge on any atom is -0.326 e. The molecule has 0 unspecified atom stereocenters. The number of hydrogen-bond donors (Lipinski definition) is 1. The van der Waals surface area contributed by atoms with Gasteiger partial charge in [0.15, 0.2) is 5.03 Å². The molecular formula is C12H20N4O2S. The van der Waals surface area contributed by atoms with Gasteiger partial charge in [-0.3, -0.25) is 0 Å². The van der Waals surface area contributed by atoms with Crippen molar-refractivity contribution in [3.05, 3.63) is 23.9 Å². The molecule has 2 N–H and O–H groups in total. The molecule has 0 saturated carbocycles. The third-order valence-corrected chi connectivity index (χ3v) is 5.23. The van der Waals surface area contributed by atoms with Crippen molar-refractivity contribution < 1.29 is 8.42 Å². The van der Waals surface area contributed by atoms with Crippen LogP contribution in [0.2, 0.25) is 0 Å². The van der Waals surface area contributed by atoms with Crippen LogP contribution >= 0.6 is 0 Å². The summed E-state index contributed by atoms with van der Waals surface area (Å²) in [5, 5.41) is 0.106. The van der Waals surface area contributed by atoms with Crippen molar-refractivity contribution in [3.8, 4) is 0 Å². The maximum Gasteiger partial charge on any atom is 0.260 e. The van der Waals surface area contributed by atoms with Crippen LogP contribution in [0, 0.1) is 0 Å². The Labute approximate surface area is 114 Å². The molecule has 2 heterocycles. The number of hydrogen-bond acceptors (Lipinski definition) is 5. The summed E-state index contributed by atoms with van der Waals surface area (Å²) in [6, 6.07) is 3.24. The number of nitrogens with zero attached hydrogens (tertiary/aromatic N) is 3. The van der Waals surface area contributed by atoms with Gasteiger partial charge in [-0.1, -0.05) is 13.0 Å². The molecule has 0 aromatic carbocycles. The minimum absolute atomic E-state index is 0.106. The third kappa shape index (κ3) is 3.11. The Morgan fingerprint density at radius 3 is 2.42 bits per heavy atom.